The minimum Gasteiger partial charge on any atom is -0.295 e. The molecule has 3 fully saturated rings. The number of allylic oxidation sites excluding steroid dienone is 1. The summed E-state index contributed by atoms with van der Waals surface area (Å²) in [6, 6.07) is 6.89. The summed E-state index contributed by atoms with van der Waals surface area (Å²) in [7, 11) is -3.73. The number of benzene rings is 1. The number of aryl methyl sites for hydroxylation is 1. The second-order valence-electron chi connectivity index (χ2n) is 12.2. The van der Waals surface area contributed by atoms with Gasteiger partial charge >= 0.3 is 0 Å². The van der Waals surface area contributed by atoms with E-state index in [2.05, 4.69) is 20.8 Å². The molecule has 1 aromatic carbocycles. The Bertz CT molecular complexity index is 1090. The van der Waals surface area contributed by atoms with Crippen molar-refractivity contribution in [1.29, 1.82) is 0 Å². The van der Waals surface area contributed by atoms with E-state index in [1.165, 1.54) is 31.3 Å². The van der Waals surface area contributed by atoms with Gasteiger partial charge in [0, 0.05) is 6.42 Å². The first-order chi connectivity index (χ1) is 16.0. The Labute approximate surface area is 205 Å². The van der Waals surface area contributed by atoms with E-state index in [1.54, 1.807) is 12.1 Å². The van der Waals surface area contributed by atoms with Crippen molar-refractivity contribution in [3.63, 3.8) is 0 Å². The number of fused-ring (bicyclic) bond motifs is 5. The van der Waals surface area contributed by atoms with Crippen molar-refractivity contribution in [3.8, 4) is 0 Å². The molecule has 0 spiro atoms. The van der Waals surface area contributed by atoms with Gasteiger partial charge in [-0.25, -0.2) is 0 Å². The molecule has 5 rings (SSSR count). The molecule has 4 aliphatic rings. The molecule has 0 radical (unpaired) electrons. The average molecular weight is 485 g/mol. The Morgan fingerprint density at radius 2 is 1.74 bits per heavy atom. The molecule has 4 aliphatic carbocycles. The third-order valence-electron chi connectivity index (χ3n) is 10.5. The molecular formula is C29H40O4S. The van der Waals surface area contributed by atoms with E-state index >= 15 is 0 Å². The second kappa shape index (κ2) is 8.58. The van der Waals surface area contributed by atoms with E-state index in [0.29, 0.717) is 30.0 Å². The maximum atomic E-state index is 12.8. The fraction of sp³-hybridized carbons (Fsp3) is 0.690. The normalized spacial score (nSPS) is 38.5. The number of carbonyl (C=O) groups excluding carboxylic acids is 1. The van der Waals surface area contributed by atoms with Crippen LogP contribution in [0.25, 0.3) is 0 Å². The monoisotopic (exact) mass is 484 g/mol. The lowest BCUT2D eigenvalue weighted by Crippen LogP contribution is -2.51. The molecule has 0 heterocycles. The molecule has 4 nitrogen and oxygen atoms in total. The van der Waals surface area contributed by atoms with Crippen LogP contribution in [0.1, 0.15) is 77.7 Å². The zero-order chi connectivity index (χ0) is 24.3. The molecule has 7 atom stereocenters. The summed E-state index contributed by atoms with van der Waals surface area (Å²) in [5.74, 6) is 3.12. The van der Waals surface area contributed by atoms with Gasteiger partial charge in [-0.1, -0.05) is 44.0 Å². The predicted molar refractivity (Wildman–Crippen MR) is 134 cm³/mol. The first kappa shape index (κ1) is 24.2. The second-order valence-corrected chi connectivity index (χ2v) is 13.8. The van der Waals surface area contributed by atoms with Crippen LogP contribution in [0, 0.1) is 47.3 Å². The van der Waals surface area contributed by atoms with Crippen molar-refractivity contribution in [1.82, 2.24) is 0 Å². The minimum absolute atomic E-state index is 0.201. The van der Waals surface area contributed by atoms with Crippen LogP contribution in [0.4, 0.5) is 0 Å². The van der Waals surface area contributed by atoms with Gasteiger partial charge in [0.25, 0.3) is 10.1 Å². The van der Waals surface area contributed by atoms with Crippen LogP contribution in [0.2, 0.25) is 0 Å². The van der Waals surface area contributed by atoms with Gasteiger partial charge in [0.2, 0.25) is 0 Å². The van der Waals surface area contributed by atoms with Gasteiger partial charge in [-0.15, -0.1) is 0 Å². The van der Waals surface area contributed by atoms with Crippen molar-refractivity contribution in [2.75, 3.05) is 6.61 Å². The zero-order valence-corrected chi connectivity index (χ0v) is 22.0. The smallest absolute Gasteiger partial charge is 0.295 e. The van der Waals surface area contributed by atoms with Crippen molar-refractivity contribution < 1.29 is 17.4 Å². The average Bonchev–Trinajstić information content (AvgIpc) is 3.15. The molecular weight excluding hydrogens is 444 g/mol. The predicted octanol–water partition coefficient (Wildman–Crippen LogP) is 6.48. The maximum Gasteiger partial charge on any atom is 0.296 e. The van der Waals surface area contributed by atoms with Crippen molar-refractivity contribution >= 4 is 15.9 Å². The maximum absolute atomic E-state index is 12.8. The zero-order valence-electron chi connectivity index (χ0n) is 21.2. The van der Waals surface area contributed by atoms with Gasteiger partial charge < -0.3 is 0 Å². The Balaban J connectivity index is 1.29. The highest BCUT2D eigenvalue weighted by Crippen LogP contribution is 2.67. The number of rotatable bonds is 5. The third kappa shape index (κ3) is 3.91. The summed E-state index contributed by atoms with van der Waals surface area (Å²) in [5.41, 5.74) is 2.91. The Morgan fingerprint density at radius 3 is 2.47 bits per heavy atom. The molecule has 3 saturated carbocycles. The lowest BCUT2D eigenvalue weighted by molar-refractivity contribution is -0.117. The third-order valence-corrected chi connectivity index (χ3v) is 11.8. The van der Waals surface area contributed by atoms with Gasteiger partial charge in [0.05, 0.1) is 11.5 Å². The van der Waals surface area contributed by atoms with E-state index < -0.39 is 10.1 Å². The summed E-state index contributed by atoms with van der Waals surface area (Å²) < 4.78 is 31.1. The topological polar surface area (TPSA) is 60.4 Å². The van der Waals surface area contributed by atoms with Gasteiger partial charge in [-0.2, -0.15) is 8.42 Å². The van der Waals surface area contributed by atoms with E-state index in [4.69, 9.17) is 4.18 Å². The number of carbonyl (C=O) groups is 1. The highest BCUT2D eigenvalue weighted by molar-refractivity contribution is 7.86. The van der Waals surface area contributed by atoms with E-state index in [1.807, 2.05) is 25.1 Å². The Morgan fingerprint density at radius 1 is 1.00 bits per heavy atom. The molecule has 1 aromatic rings. The molecule has 0 N–H and O–H groups in total. The van der Waals surface area contributed by atoms with Crippen LogP contribution in [0.15, 0.2) is 40.8 Å². The molecule has 186 valence electrons. The number of hydrogen-bond donors (Lipinski definition) is 0. The number of ketones is 1. The standard InChI is InChI=1S/C29H40O4S/c1-19-5-8-23(9-6-19)34(31,32)33-18-20(2)25-11-12-26-24-10-7-21-17-22(30)13-15-28(21,3)27(24)14-16-29(25,26)4/h5-6,8-9,17,20,24-27H,7,10-16,18H2,1-4H3/t20-,24-,25+,26-,27-,28-,29+/m0/s1. The summed E-state index contributed by atoms with van der Waals surface area (Å²) in [6.45, 7) is 9.30. The Hall–Kier alpha value is -1.46. The van der Waals surface area contributed by atoms with Crippen LogP contribution < -0.4 is 0 Å². The van der Waals surface area contributed by atoms with Gasteiger partial charge in [-0.05, 0) is 110 Å². The molecule has 5 heteroatoms. The van der Waals surface area contributed by atoms with Crippen LogP contribution in [0.3, 0.4) is 0 Å². The van der Waals surface area contributed by atoms with Gasteiger partial charge in [-0.3, -0.25) is 8.98 Å². The molecule has 0 aromatic heterocycles. The molecule has 0 saturated heterocycles. The summed E-state index contributed by atoms with van der Waals surface area (Å²) in [6.07, 6.45) is 10.8. The lowest BCUT2D eigenvalue weighted by atomic mass is 9.46. The van der Waals surface area contributed by atoms with Crippen LogP contribution >= 0.6 is 0 Å². The van der Waals surface area contributed by atoms with Crippen LogP contribution in [-0.2, 0) is 19.1 Å². The van der Waals surface area contributed by atoms with Crippen LogP contribution in [0.5, 0.6) is 0 Å². The largest absolute Gasteiger partial charge is 0.296 e. The first-order valence-corrected chi connectivity index (χ1v) is 14.7. The highest BCUT2D eigenvalue weighted by atomic mass is 32.2. The molecule has 0 unspecified atom stereocenters. The minimum atomic E-state index is -3.73. The fourth-order valence-electron chi connectivity index (χ4n) is 8.62. The number of hydrogen-bond acceptors (Lipinski definition) is 4. The molecule has 0 amide bonds. The molecule has 0 aliphatic heterocycles. The summed E-state index contributed by atoms with van der Waals surface area (Å²) in [4.78, 5) is 12.3. The van der Waals surface area contributed by atoms with Crippen LogP contribution in [-0.4, -0.2) is 20.8 Å². The quantitative estimate of drug-likeness (QED) is 0.449. The highest BCUT2D eigenvalue weighted by Gasteiger charge is 2.59. The molecule has 34 heavy (non-hydrogen) atoms. The van der Waals surface area contributed by atoms with E-state index in [9.17, 15) is 13.2 Å². The first-order valence-electron chi connectivity index (χ1n) is 13.2. The lowest BCUT2D eigenvalue weighted by Gasteiger charge is -2.58. The van der Waals surface area contributed by atoms with Crippen molar-refractivity contribution in [2.45, 2.75) is 84.0 Å². The van der Waals surface area contributed by atoms with Gasteiger partial charge in [0.1, 0.15) is 0 Å². The molecule has 0 bridgehead atoms. The fourth-order valence-corrected chi connectivity index (χ4v) is 9.62. The van der Waals surface area contributed by atoms with Crippen molar-refractivity contribution in [2.24, 2.45) is 40.4 Å². The van der Waals surface area contributed by atoms with Gasteiger partial charge in [0.15, 0.2) is 5.78 Å². The van der Waals surface area contributed by atoms with Crippen molar-refractivity contribution in [3.05, 3.63) is 41.5 Å². The van der Waals surface area contributed by atoms with E-state index in [-0.39, 0.29) is 28.3 Å². The summed E-state index contributed by atoms with van der Waals surface area (Å²) in [5, 5.41) is 0. The van der Waals surface area contributed by atoms with E-state index in [0.717, 1.165) is 30.7 Å². The summed E-state index contributed by atoms with van der Waals surface area (Å²) >= 11 is 0. The SMILES string of the molecule is Cc1ccc(S(=O)(=O)OC[C@H](C)[C@H]2CC[C@H]3[C@@H]4CCC5=CC(=O)CC[C@]5(C)[C@H]4CC[C@]23C)cc1. The Kier molecular flexibility index (Phi) is 6.12.